The zero-order valence-electron chi connectivity index (χ0n) is 12.3. The van der Waals surface area contributed by atoms with Gasteiger partial charge in [-0.2, -0.15) is 5.26 Å². The van der Waals surface area contributed by atoms with Crippen LogP contribution >= 0.6 is 0 Å². The first kappa shape index (κ1) is 16.0. The fourth-order valence-electron chi connectivity index (χ4n) is 2.63. The lowest BCUT2D eigenvalue weighted by molar-refractivity contribution is 0.0884. The van der Waals surface area contributed by atoms with Crippen LogP contribution in [0.4, 0.5) is 0 Å². The van der Waals surface area contributed by atoms with Gasteiger partial charge in [-0.25, -0.2) is 13.1 Å². The lowest BCUT2D eigenvalue weighted by Gasteiger charge is -2.17. The maximum Gasteiger partial charge on any atom is 0.240 e. The van der Waals surface area contributed by atoms with Crippen LogP contribution in [0.2, 0.25) is 0 Å². The van der Waals surface area contributed by atoms with Gasteiger partial charge in [0.15, 0.2) is 0 Å². The fourth-order valence-corrected chi connectivity index (χ4v) is 3.99. The van der Waals surface area contributed by atoms with E-state index in [-0.39, 0.29) is 16.9 Å². The van der Waals surface area contributed by atoms with Gasteiger partial charge in [0.05, 0.1) is 22.6 Å². The summed E-state index contributed by atoms with van der Waals surface area (Å²) in [4.78, 5) is 0.175. The van der Waals surface area contributed by atoms with Crippen LogP contribution in [0.15, 0.2) is 23.1 Å². The van der Waals surface area contributed by atoms with Gasteiger partial charge in [-0.15, -0.1) is 0 Å². The quantitative estimate of drug-likeness (QED) is 0.902. The fraction of sp³-hybridized carbons (Fsp3) is 0.533. The van der Waals surface area contributed by atoms with Crippen LogP contribution in [0.3, 0.4) is 0 Å². The zero-order valence-corrected chi connectivity index (χ0v) is 13.1. The highest BCUT2D eigenvalue weighted by molar-refractivity contribution is 7.89. The number of ether oxygens (including phenoxy) is 1. The van der Waals surface area contributed by atoms with Gasteiger partial charge in [-0.3, -0.25) is 0 Å². The number of sulfonamides is 1. The van der Waals surface area contributed by atoms with Crippen molar-refractivity contribution >= 4 is 10.0 Å². The van der Waals surface area contributed by atoms with Crippen LogP contribution in [0, 0.1) is 24.2 Å². The van der Waals surface area contributed by atoms with E-state index in [1.165, 1.54) is 6.07 Å². The van der Waals surface area contributed by atoms with Crippen LogP contribution < -0.4 is 4.72 Å². The van der Waals surface area contributed by atoms with Gasteiger partial charge in [0.2, 0.25) is 10.0 Å². The number of nitrogens with one attached hydrogen (secondary N) is 1. The predicted octanol–water partition coefficient (Wildman–Crippen LogP) is 1.96. The van der Waals surface area contributed by atoms with Crippen LogP contribution in [-0.4, -0.2) is 27.7 Å². The Morgan fingerprint density at radius 2 is 2.24 bits per heavy atom. The topological polar surface area (TPSA) is 79.2 Å². The maximum atomic E-state index is 12.4. The number of nitriles is 1. The van der Waals surface area contributed by atoms with Crippen molar-refractivity contribution in [2.45, 2.75) is 37.7 Å². The summed E-state index contributed by atoms with van der Waals surface area (Å²) in [7, 11) is -3.60. The van der Waals surface area contributed by atoms with Gasteiger partial charge in [-0.1, -0.05) is 13.0 Å². The molecule has 5 nitrogen and oxygen atoms in total. The lowest BCUT2D eigenvalue weighted by Crippen LogP contribution is -2.33. The number of hydrogen-bond acceptors (Lipinski definition) is 4. The van der Waals surface area contributed by atoms with E-state index >= 15 is 0 Å². The molecule has 1 saturated heterocycles. The number of nitrogens with zero attached hydrogens (tertiary/aromatic N) is 1. The van der Waals surface area contributed by atoms with Gasteiger partial charge in [0, 0.05) is 19.1 Å². The van der Waals surface area contributed by atoms with Crippen LogP contribution in [0.5, 0.6) is 0 Å². The van der Waals surface area contributed by atoms with Gasteiger partial charge < -0.3 is 4.74 Å². The zero-order chi connectivity index (χ0) is 15.5. The van der Waals surface area contributed by atoms with Crippen molar-refractivity contribution in [1.29, 1.82) is 5.26 Å². The average molecular weight is 308 g/mol. The van der Waals surface area contributed by atoms with E-state index in [2.05, 4.69) is 4.72 Å². The third-order valence-corrected chi connectivity index (χ3v) is 5.46. The smallest absolute Gasteiger partial charge is 0.240 e. The Morgan fingerprint density at radius 3 is 2.90 bits per heavy atom. The monoisotopic (exact) mass is 308 g/mol. The lowest BCUT2D eigenvalue weighted by atomic mass is 10.0. The van der Waals surface area contributed by atoms with E-state index in [1.807, 2.05) is 13.0 Å². The van der Waals surface area contributed by atoms with Crippen molar-refractivity contribution in [2.24, 2.45) is 5.92 Å². The van der Waals surface area contributed by atoms with Crippen molar-refractivity contribution < 1.29 is 13.2 Å². The molecule has 0 amide bonds. The second kappa shape index (κ2) is 6.56. The van der Waals surface area contributed by atoms with Gasteiger partial charge in [0.1, 0.15) is 0 Å². The second-order valence-corrected chi connectivity index (χ2v) is 7.05. The van der Waals surface area contributed by atoms with Crippen LogP contribution in [-0.2, 0) is 14.8 Å². The molecule has 1 aliphatic heterocycles. The summed E-state index contributed by atoms with van der Waals surface area (Å²) in [5.74, 6) is 0.212. The molecular formula is C15H20N2O3S. The molecule has 1 aliphatic rings. The summed E-state index contributed by atoms with van der Waals surface area (Å²) < 4.78 is 33.0. The minimum atomic E-state index is -3.60. The summed E-state index contributed by atoms with van der Waals surface area (Å²) in [5.41, 5.74) is 0.979. The molecule has 0 aliphatic carbocycles. The summed E-state index contributed by atoms with van der Waals surface area (Å²) in [6.07, 6.45) is 1.88. The van der Waals surface area contributed by atoms with E-state index in [9.17, 15) is 8.42 Å². The standard InChI is InChI=1S/C15H20N2O3S/c1-3-14-13(6-7-20-14)10-17-21(18,19)15-8-12(9-16)5-4-11(15)2/h4-5,8,13-14,17H,3,6-7,10H2,1-2H3. The van der Waals surface area contributed by atoms with E-state index in [0.29, 0.717) is 24.3 Å². The number of aryl methyl sites for hydroxylation is 1. The number of rotatable bonds is 5. The normalized spacial score (nSPS) is 22.1. The SMILES string of the molecule is CCC1OCCC1CNS(=O)(=O)c1cc(C#N)ccc1C. The van der Waals surface area contributed by atoms with Crippen molar-refractivity contribution in [2.75, 3.05) is 13.2 Å². The van der Waals surface area contributed by atoms with E-state index in [0.717, 1.165) is 12.8 Å². The van der Waals surface area contributed by atoms with Crippen molar-refractivity contribution in [3.63, 3.8) is 0 Å². The summed E-state index contributed by atoms with van der Waals surface area (Å²) in [6, 6.07) is 6.66. The molecule has 0 radical (unpaired) electrons. The first-order chi connectivity index (χ1) is 9.97. The Labute approximate surface area is 126 Å². The largest absolute Gasteiger partial charge is 0.378 e. The molecule has 0 saturated carbocycles. The molecule has 1 aromatic rings. The summed E-state index contributed by atoms with van der Waals surface area (Å²) >= 11 is 0. The van der Waals surface area contributed by atoms with Gasteiger partial charge >= 0.3 is 0 Å². The van der Waals surface area contributed by atoms with Crippen molar-refractivity contribution in [1.82, 2.24) is 4.72 Å². The molecule has 2 rings (SSSR count). The Hall–Kier alpha value is -1.42. The number of hydrogen-bond donors (Lipinski definition) is 1. The molecule has 2 atom stereocenters. The van der Waals surface area contributed by atoms with E-state index in [4.69, 9.17) is 10.00 Å². The average Bonchev–Trinajstić information content (AvgIpc) is 2.93. The molecule has 114 valence electrons. The summed E-state index contributed by atoms with van der Waals surface area (Å²) in [5, 5.41) is 8.91. The Bertz CT molecular complexity index is 649. The van der Waals surface area contributed by atoms with Gasteiger partial charge in [0.25, 0.3) is 0 Å². The van der Waals surface area contributed by atoms with Crippen LogP contribution in [0.25, 0.3) is 0 Å². The van der Waals surface area contributed by atoms with Gasteiger partial charge in [-0.05, 0) is 37.5 Å². The highest BCUT2D eigenvalue weighted by Crippen LogP contribution is 2.23. The molecule has 1 N–H and O–H groups in total. The third kappa shape index (κ3) is 3.62. The van der Waals surface area contributed by atoms with Crippen molar-refractivity contribution in [3.8, 4) is 6.07 Å². The molecule has 0 aromatic heterocycles. The second-order valence-electron chi connectivity index (χ2n) is 5.31. The Kier molecular flexibility index (Phi) is 4.99. The molecule has 2 unspecified atom stereocenters. The maximum absolute atomic E-state index is 12.4. The van der Waals surface area contributed by atoms with Crippen LogP contribution in [0.1, 0.15) is 30.9 Å². The first-order valence-electron chi connectivity index (χ1n) is 7.10. The predicted molar refractivity (Wildman–Crippen MR) is 79.2 cm³/mol. The molecule has 1 aromatic carbocycles. The van der Waals surface area contributed by atoms with Crippen molar-refractivity contribution in [3.05, 3.63) is 29.3 Å². The van der Waals surface area contributed by atoms with E-state index < -0.39 is 10.0 Å². The highest BCUT2D eigenvalue weighted by Gasteiger charge is 2.28. The minimum absolute atomic E-state index is 0.124. The molecule has 6 heteroatoms. The van der Waals surface area contributed by atoms with E-state index in [1.54, 1.807) is 19.1 Å². The molecule has 1 heterocycles. The Morgan fingerprint density at radius 1 is 1.48 bits per heavy atom. The molecule has 1 fully saturated rings. The molecule has 0 bridgehead atoms. The highest BCUT2D eigenvalue weighted by atomic mass is 32.2. The molecule has 0 spiro atoms. The molecular weight excluding hydrogens is 288 g/mol. The summed E-state index contributed by atoms with van der Waals surface area (Å²) in [6.45, 7) is 4.83. The Balaban J connectivity index is 2.14. The first-order valence-corrected chi connectivity index (χ1v) is 8.58. The number of benzene rings is 1. The third-order valence-electron chi connectivity index (χ3n) is 3.89. The minimum Gasteiger partial charge on any atom is -0.378 e. The molecule has 21 heavy (non-hydrogen) atoms.